The standard InChI is InChI=1S/C12H23N3O3S/c1-19-9-3-2-6-14-11(16)12(10(13)15-17)4-7-18-8-5-12/h17H,2-9H2,1H3,(H2,13,15)(H,14,16). The Kier molecular flexibility index (Phi) is 7.01. The van der Waals surface area contributed by atoms with Crippen LogP contribution in [-0.2, 0) is 9.53 Å². The van der Waals surface area contributed by atoms with Crippen LogP contribution in [0.15, 0.2) is 5.16 Å². The molecule has 19 heavy (non-hydrogen) atoms. The third-order valence-corrected chi connectivity index (χ3v) is 4.14. The van der Waals surface area contributed by atoms with Crippen molar-refractivity contribution in [3.8, 4) is 0 Å². The number of nitrogens with two attached hydrogens (primary N) is 1. The second-order valence-corrected chi connectivity index (χ2v) is 5.62. The fourth-order valence-corrected chi connectivity index (χ4v) is 2.65. The van der Waals surface area contributed by atoms with Crippen LogP contribution in [0.3, 0.4) is 0 Å². The van der Waals surface area contributed by atoms with Crippen molar-refractivity contribution < 1.29 is 14.7 Å². The fourth-order valence-electron chi connectivity index (χ4n) is 2.16. The highest BCUT2D eigenvalue weighted by atomic mass is 32.2. The van der Waals surface area contributed by atoms with Gasteiger partial charge in [0.25, 0.3) is 0 Å². The van der Waals surface area contributed by atoms with Gasteiger partial charge < -0.3 is 21.0 Å². The second kappa shape index (κ2) is 8.27. The maximum Gasteiger partial charge on any atom is 0.234 e. The van der Waals surface area contributed by atoms with Gasteiger partial charge in [-0.15, -0.1) is 0 Å². The molecule has 0 aromatic carbocycles. The normalized spacial score (nSPS) is 19.1. The van der Waals surface area contributed by atoms with Crippen molar-refractivity contribution in [1.82, 2.24) is 5.32 Å². The number of oxime groups is 1. The Bertz CT molecular complexity index is 317. The summed E-state index contributed by atoms with van der Waals surface area (Å²) in [6, 6.07) is 0. The van der Waals surface area contributed by atoms with Gasteiger partial charge in [-0.1, -0.05) is 5.16 Å². The van der Waals surface area contributed by atoms with E-state index in [1.54, 1.807) is 11.8 Å². The molecule has 1 fully saturated rings. The summed E-state index contributed by atoms with van der Waals surface area (Å²) in [5.74, 6) is 0.919. The summed E-state index contributed by atoms with van der Waals surface area (Å²) in [4.78, 5) is 12.3. The van der Waals surface area contributed by atoms with E-state index in [0.717, 1.165) is 18.6 Å². The van der Waals surface area contributed by atoms with Gasteiger partial charge in [0.2, 0.25) is 5.91 Å². The van der Waals surface area contributed by atoms with Gasteiger partial charge in [-0.2, -0.15) is 11.8 Å². The van der Waals surface area contributed by atoms with Crippen LogP contribution in [-0.4, -0.2) is 48.7 Å². The number of thioether (sulfide) groups is 1. The summed E-state index contributed by atoms with van der Waals surface area (Å²) in [6.45, 7) is 1.53. The van der Waals surface area contributed by atoms with Crippen molar-refractivity contribution in [3.05, 3.63) is 0 Å². The molecule has 4 N–H and O–H groups in total. The van der Waals surface area contributed by atoms with E-state index >= 15 is 0 Å². The first-order valence-corrected chi connectivity index (χ1v) is 7.90. The Labute approximate surface area is 118 Å². The number of ether oxygens (including phenoxy) is 1. The number of hydrogen-bond donors (Lipinski definition) is 3. The number of amidine groups is 1. The van der Waals surface area contributed by atoms with Gasteiger partial charge >= 0.3 is 0 Å². The molecule has 7 heteroatoms. The van der Waals surface area contributed by atoms with Crippen molar-refractivity contribution in [2.24, 2.45) is 16.3 Å². The molecule has 0 radical (unpaired) electrons. The number of hydrogen-bond acceptors (Lipinski definition) is 5. The lowest BCUT2D eigenvalue weighted by atomic mass is 9.78. The number of carbonyl (C=O) groups excluding carboxylic acids is 1. The molecule has 0 spiro atoms. The second-order valence-electron chi connectivity index (χ2n) is 4.64. The number of rotatable bonds is 7. The van der Waals surface area contributed by atoms with E-state index in [1.165, 1.54) is 0 Å². The summed E-state index contributed by atoms with van der Waals surface area (Å²) >= 11 is 1.79. The molecule has 1 saturated heterocycles. The van der Waals surface area contributed by atoms with Crippen LogP contribution in [0.25, 0.3) is 0 Å². The van der Waals surface area contributed by atoms with E-state index in [0.29, 0.717) is 32.6 Å². The Morgan fingerprint density at radius 2 is 2.16 bits per heavy atom. The maximum absolute atomic E-state index is 12.3. The van der Waals surface area contributed by atoms with Crippen LogP contribution in [0.2, 0.25) is 0 Å². The van der Waals surface area contributed by atoms with Gasteiger partial charge in [0, 0.05) is 19.8 Å². The zero-order valence-corrected chi connectivity index (χ0v) is 12.2. The molecule has 1 heterocycles. The van der Waals surface area contributed by atoms with Gasteiger partial charge in [-0.05, 0) is 37.7 Å². The zero-order chi connectivity index (χ0) is 14.1. The van der Waals surface area contributed by atoms with Crippen LogP contribution in [0.1, 0.15) is 25.7 Å². The predicted octanol–water partition coefficient (Wildman–Crippen LogP) is 0.789. The number of unbranched alkanes of at least 4 members (excludes halogenated alkanes) is 1. The minimum atomic E-state index is -0.910. The number of amides is 1. The Hall–Kier alpha value is -0.950. The lowest BCUT2D eigenvalue weighted by molar-refractivity contribution is -0.131. The van der Waals surface area contributed by atoms with Gasteiger partial charge in [-0.3, -0.25) is 4.79 Å². The van der Waals surface area contributed by atoms with Crippen molar-refractivity contribution >= 4 is 23.5 Å². The smallest absolute Gasteiger partial charge is 0.234 e. The zero-order valence-electron chi connectivity index (χ0n) is 11.4. The minimum Gasteiger partial charge on any atom is -0.409 e. The molecule has 110 valence electrons. The number of carbonyl (C=O) groups is 1. The lowest BCUT2D eigenvalue weighted by Crippen LogP contribution is -2.52. The average molecular weight is 289 g/mol. The summed E-state index contributed by atoms with van der Waals surface area (Å²) < 4.78 is 5.25. The molecule has 1 rings (SSSR count). The monoisotopic (exact) mass is 289 g/mol. The largest absolute Gasteiger partial charge is 0.409 e. The van der Waals surface area contributed by atoms with Crippen molar-refractivity contribution in [3.63, 3.8) is 0 Å². The van der Waals surface area contributed by atoms with Gasteiger partial charge in [0.1, 0.15) is 5.41 Å². The third kappa shape index (κ3) is 4.28. The average Bonchev–Trinajstić information content (AvgIpc) is 2.46. The molecular formula is C12H23N3O3S. The Morgan fingerprint density at radius 1 is 1.47 bits per heavy atom. The van der Waals surface area contributed by atoms with Crippen LogP contribution in [0.5, 0.6) is 0 Å². The van der Waals surface area contributed by atoms with Crippen LogP contribution >= 0.6 is 11.8 Å². The van der Waals surface area contributed by atoms with E-state index in [9.17, 15) is 4.79 Å². The van der Waals surface area contributed by atoms with Gasteiger partial charge in [-0.25, -0.2) is 0 Å². The number of nitrogens with zero attached hydrogens (tertiary/aromatic N) is 1. The number of nitrogens with one attached hydrogen (secondary N) is 1. The molecule has 0 aliphatic carbocycles. The summed E-state index contributed by atoms with van der Waals surface area (Å²) in [7, 11) is 0. The molecule has 1 amide bonds. The molecular weight excluding hydrogens is 266 g/mol. The molecule has 0 bridgehead atoms. The van der Waals surface area contributed by atoms with E-state index in [-0.39, 0.29) is 11.7 Å². The minimum absolute atomic E-state index is 0.0163. The van der Waals surface area contributed by atoms with Crippen LogP contribution < -0.4 is 11.1 Å². The predicted molar refractivity (Wildman–Crippen MR) is 76.5 cm³/mol. The Morgan fingerprint density at radius 3 is 2.74 bits per heavy atom. The van der Waals surface area contributed by atoms with Crippen LogP contribution in [0, 0.1) is 5.41 Å². The third-order valence-electron chi connectivity index (χ3n) is 3.44. The highest BCUT2D eigenvalue weighted by molar-refractivity contribution is 7.98. The summed E-state index contributed by atoms with van der Waals surface area (Å²) in [5.41, 5.74) is 4.81. The first-order chi connectivity index (χ1) is 9.17. The van der Waals surface area contributed by atoms with E-state index in [2.05, 4.69) is 16.7 Å². The lowest BCUT2D eigenvalue weighted by Gasteiger charge is -2.34. The quantitative estimate of drug-likeness (QED) is 0.212. The molecule has 0 saturated carbocycles. The van der Waals surface area contributed by atoms with Crippen molar-refractivity contribution in [1.29, 1.82) is 0 Å². The molecule has 0 unspecified atom stereocenters. The summed E-state index contributed by atoms with van der Waals surface area (Å²) in [6.07, 6.45) is 4.99. The summed E-state index contributed by atoms with van der Waals surface area (Å²) in [5, 5.41) is 14.8. The highest BCUT2D eigenvalue weighted by Crippen LogP contribution is 2.31. The van der Waals surface area contributed by atoms with E-state index < -0.39 is 5.41 Å². The first-order valence-electron chi connectivity index (χ1n) is 6.50. The molecule has 0 atom stereocenters. The van der Waals surface area contributed by atoms with Gasteiger partial charge in [0.05, 0.1) is 0 Å². The maximum atomic E-state index is 12.3. The van der Waals surface area contributed by atoms with E-state index in [4.69, 9.17) is 15.7 Å². The van der Waals surface area contributed by atoms with Gasteiger partial charge in [0.15, 0.2) is 5.84 Å². The topological polar surface area (TPSA) is 96.9 Å². The molecule has 0 aromatic heterocycles. The molecule has 1 aliphatic rings. The molecule has 6 nitrogen and oxygen atoms in total. The SMILES string of the molecule is CSCCCCNC(=O)C1(C(N)=NO)CCOCC1. The van der Waals surface area contributed by atoms with Crippen molar-refractivity contribution in [2.45, 2.75) is 25.7 Å². The highest BCUT2D eigenvalue weighted by Gasteiger charge is 2.44. The van der Waals surface area contributed by atoms with Crippen molar-refractivity contribution in [2.75, 3.05) is 31.8 Å². The fraction of sp³-hybridized carbons (Fsp3) is 0.833. The molecule has 0 aromatic rings. The molecule has 1 aliphatic heterocycles. The Balaban J connectivity index is 2.53. The van der Waals surface area contributed by atoms with E-state index in [1.807, 2.05) is 0 Å². The first kappa shape index (κ1) is 16.1. The van der Waals surface area contributed by atoms with Crippen LogP contribution in [0.4, 0.5) is 0 Å².